The molecule has 2 rings (SSSR count). The van der Waals surface area contributed by atoms with Crippen LogP contribution in [0.5, 0.6) is 0 Å². The lowest BCUT2D eigenvalue weighted by Crippen LogP contribution is -2.28. The number of hydrogen-bond donors (Lipinski definition) is 1. The largest absolute Gasteiger partial charge is 0.325 e. The predicted molar refractivity (Wildman–Crippen MR) is 110 cm³/mol. The first-order valence-electron chi connectivity index (χ1n) is 9.46. The van der Waals surface area contributed by atoms with E-state index >= 15 is 0 Å². The lowest BCUT2D eigenvalue weighted by Gasteiger charge is -2.29. The highest BCUT2D eigenvalue weighted by atomic mass is 16.2. The van der Waals surface area contributed by atoms with Crippen LogP contribution in [0.1, 0.15) is 59.6 Å². The zero-order chi connectivity index (χ0) is 20.1. The van der Waals surface area contributed by atoms with Crippen LogP contribution in [0.2, 0.25) is 0 Å². The van der Waals surface area contributed by atoms with Gasteiger partial charge in [-0.3, -0.25) is 9.78 Å². The Kier molecular flexibility index (Phi) is 6.38. The van der Waals surface area contributed by atoms with Crippen LogP contribution in [-0.4, -0.2) is 10.9 Å². The fraction of sp³-hybridized carbons (Fsp3) is 0.435. The molecule has 1 heterocycles. The van der Waals surface area contributed by atoms with Crippen LogP contribution in [0.25, 0.3) is 11.1 Å². The van der Waals surface area contributed by atoms with E-state index in [0.717, 1.165) is 35.3 Å². The number of rotatable bonds is 6. The Bertz CT molecular complexity index is 845. The molecule has 0 bridgehead atoms. The molecular formula is C23H29N3O. The summed E-state index contributed by atoms with van der Waals surface area (Å²) in [5, 5.41) is 12.1. The number of hydrogen-bond acceptors (Lipinski definition) is 3. The summed E-state index contributed by atoms with van der Waals surface area (Å²) in [4.78, 5) is 17.2. The number of pyridine rings is 1. The van der Waals surface area contributed by atoms with Gasteiger partial charge < -0.3 is 5.32 Å². The summed E-state index contributed by atoms with van der Waals surface area (Å²) in [6, 6.07) is 14.1. The summed E-state index contributed by atoms with van der Waals surface area (Å²) >= 11 is 0. The predicted octanol–water partition coefficient (Wildman–Crippen LogP) is 5.70. The Hall–Kier alpha value is -2.67. The maximum Gasteiger partial charge on any atom is 0.229 e. The van der Waals surface area contributed by atoms with Gasteiger partial charge in [-0.1, -0.05) is 58.9 Å². The maximum atomic E-state index is 12.5. The third-order valence-corrected chi connectivity index (χ3v) is 5.09. The second kappa shape index (κ2) is 8.35. The van der Waals surface area contributed by atoms with E-state index in [1.165, 1.54) is 0 Å². The van der Waals surface area contributed by atoms with E-state index in [1.54, 1.807) is 6.20 Å². The Morgan fingerprint density at radius 2 is 1.78 bits per heavy atom. The van der Waals surface area contributed by atoms with Gasteiger partial charge in [0.25, 0.3) is 0 Å². The van der Waals surface area contributed by atoms with E-state index in [1.807, 2.05) is 57.2 Å². The van der Waals surface area contributed by atoms with Crippen molar-refractivity contribution in [1.29, 1.82) is 5.26 Å². The van der Waals surface area contributed by atoms with E-state index in [-0.39, 0.29) is 11.3 Å². The third kappa shape index (κ3) is 4.74. The van der Waals surface area contributed by atoms with Crippen molar-refractivity contribution in [3.63, 3.8) is 0 Å². The molecule has 1 amide bonds. The second-order valence-corrected chi connectivity index (χ2v) is 8.22. The van der Waals surface area contributed by atoms with Crippen molar-refractivity contribution in [2.75, 3.05) is 5.32 Å². The van der Waals surface area contributed by atoms with Crippen molar-refractivity contribution in [3.8, 4) is 17.2 Å². The smallest absolute Gasteiger partial charge is 0.229 e. The molecule has 0 aliphatic rings. The molecule has 142 valence electrons. The number of nitrogens with zero attached hydrogens (tertiary/aromatic N) is 2. The Morgan fingerprint density at radius 3 is 2.41 bits per heavy atom. The number of anilines is 1. The molecule has 27 heavy (non-hydrogen) atoms. The van der Waals surface area contributed by atoms with E-state index in [4.69, 9.17) is 10.2 Å². The van der Waals surface area contributed by atoms with E-state index < -0.39 is 5.41 Å². The molecule has 1 aromatic heterocycles. The molecule has 1 N–H and O–H groups in total. The summed E-state index contributed by atoms with van der Waals surface area (Å²) in [7, 11) is 0. The van der Waals surface area contributed by atoms with Gasteiger partial charge in [0.05, 0.1) is 11.8 Å². The summed E-state index contributed by atoms with van der Waals surface area (Å²) in [5.41, 5.74) is 3.04. The van der Waals surface area contributed by atoms with Crippen LogP contribution >= 0.6 is 0 Å². The minimum atomic E-state index is -0.477. The van der Waals surface area contributed by atoms with Gasteiger partial charge in [-0.05, 0) is 25.0 Å². The van der Waals surface area contributed by atoms with E-state index in [0.29, 0.717) is 6.42 Å². The standard InChI is InChI=1S/C23H29N3O/c1-6-23(5,14-10-15-24)20-18(12-9-16-25-20)17-11-7-8-13-19(17)26-21(27)22(2,3)4/h7-9,11-13,16H,6,10,14H2,1-5H3,(H,26,27). The number of aromatic nitrogens is 1. The van der Waals surface area contributed by atoms with Gasteiger partial charge in [0.1, 0.15) is 0 Å². The van der Waals surface area contributed by atoms with Crippen molar-refractivity contribution in [3.05, 3.63) is 48.3 Å². The van der Waals surface area contributed by atoms with Gasteiger partial charge in [-0.2, -0.15) is 5.26 Å². The number of carbonyl (C=O) groups excluding carboxylic acids is 1. The molecule has 1 aromatic carbocycles. The number of para-hydroxylation sites is 1. The maximum absolute atomic E-state index is 12.5. The SMILES string of the molecule is CCC(C)(CCC#N)c1ncccc1-c1ccccc1NC(=O)C(C)(C)C. The molecule has 0 saturated heterocycles. The summed E-state index contributed by atoms with van der Waals surface area (Å²) in [5.74, 6) is -0.0249. The van der Waals surface area contributed by atoms with Crippen LogP contribution < -0.4 is 5.32 Å². The van der Waals surface area contributed by atoms with Gasteiger partial charge in [-0.25, -0.2) is 0 Å². The molecule has 0 aliphatic carbocycles. The number of benzene rings is 1. The normalized spacial score (nSPS) is 13.5. The first-order chi connectivity index (χ1) is 12.7. The highest BCUT2D eigenvalue weighted by Gasteiger charge is 2.30. The summed E-state index contributed by atoms with van der Waals surface area (Å²) < 4.78 is 0. The van der Waals surface area contributed by atoms with Crippen LogP contribution in [-0.2, 0) is 10.2 Å². The monoisotopic (exact) mass is 363 g/mol. The first-order valence-corrected chi connectivity index (χ1v) is 9.46. The fourth-order valence-corrected chi connectivity index (χ4v) is 3.03. The zero-order valence-electron chi connectivity index (χ0n) is 17.0. The first kappa shape index (κ1) is 20.6. The van der Waals surface area contributed by atoms with Crippen molar-refractivity contribution >= 4 is 11.6 Å². The minimum absolute atomic E-state index is 0.0249. The summed E-state index contributed by atoms with van der Waals surface area (Å²) in [6.07, 6.45) is 3.92. The molecule has 0 fully saturated rings. The number of nitriles is 1. The van der Waals surface area contributed by atoms with Gasteiger partial charge in [0, 0.05) is 40.3 Å². The highest BCUT2D eigenvalue weighted by Crippen LogP contribution is 2.39. The van der Waals surface area contributed by atoms with Crippen molar-refractivity contribution in [2.24, 2.45) is 5.41 Å². The zero-order valence-corrected chi connectivity index (χ0v) is 17.0. The van der Waals surface area contributed by atoms with Gasteiger partial charge in [0.2, 0.25) is 5.91 Å². The van der Waals surface area contributed by atoms with Crippen LogP contribution in [0.15, 0.2) is 42.6 Å². The van der Waals surface area contributed by atoms with Crippen molar-refractivity contribution in [1.82, 2.24) is 4.98 Å². The van der Waals surface area contributed by atoms with Crippen LogP contribution in [0.3, 0.4) is 0 Å². The number of carbonyl (C=O) groups is 1. The summed E-state index contributed by atoms with van der Waals surface area (Å²) in [6.45, 7) is 9.99. The average Bonchev–Trinajstić information content (AvgIpc) is 2.66. The molecule has 0 saturated carbocycles. The lowest BCUT2D eigenvalue weighted by atomic mass is 9.76. The quantitative estimate of drug-likeness (QED) is 0.715. The van der Waals surface area contributed by atoms with Gasteiger partial charge in [0.15, 0.2) is 0 Å². The van der Waals surface area contributed by atoms with Crippen LogP contribution in [0.4, 0.5) is 5.69 Å². The second-order valence-electron chi connectivity index (χ2n) is 8.22. The van der Waals surface area contributed by atoms with E-state index in [2.05, 4.69) is 25.2 Å². The van der Waals surface area contributed by atoms with Gasteiger partial charge in [-0.15, -0.1) is 0 Å². The van der Waals surface area contributed by atoms with Crippen molar-refractivity contribution < 1.29 is 4.79 Å². The molecule has 4 heteroatoms. The highest BCUT2D eigenvalue weighted by molar-refractivity contribution is 5.98. The Labute approximate surface area is 162 Å². The Balaban J connectivity index is 2.55. The molecule has 1 atom stereocenters. The molecule has 0 radical (unpaired) electrons. The molecule has 4 nitrogen and oxygen atoms in total. The molecular weight excluding hydrogens is 334 g/mol. The lowest BCUT2D eigenvalue weighted by molar-refractivity contribution is -0.123. The topological polar surface area (TPSA) is 65.8 Å². The van der Waals surface area contributed by atoms with E-state index in [9.17, 15) is 4.79 Å². The average molecular weight is 364 g/mol. The van der Waals surface area contributed by atoms with Gasteiger partial charge >= 0.3 is 0 Å². The number of amides is 1. The van der Waals surface area contributed by atoms with Crippen LogP contribution in [0, 0.1) is 16.7 Å². The Morgan fingerprint density at radius 1 is 1.11 bits per heavy atom. The fourth-order valence-electron chi connectivity index (χ4n) is 3.03. The number of nitrogens with one attached hydrogen (secondary N) is 1. The van der Waals surface area contributed by atoms with Crippen molar-refractivity contribution in [2.45, 2.75) is 59.3 Å². The molecule has 0 spiro atoms. The molecule has 2 aromatic rings. The molecule has 0 aliphatic heterocycles. The third-order valence-electron chi connectivity index (χ3n) is 5.09. The molecule has 1 unspecified atom stereocenters. The minimum Gasteiger partial charge on any atom is -0.325 e.